The van der Waals surface area contributed by atoms with Gasteiger partial charge in [0, 0.05) is 36.6 Å². The highest BCUT2D eigenvalue weighted by Gasteiger charge is 2.41. The topological polar surface area (TPSA) is 131 Å². The number of unbranched alkanes of at least 4 members (excludes halogenated alkanes) is 1. The van der Waals surface area contributed by atoms with Crippen LogP contribution in [0.4, 0.5) is 5.69 Å². The molecule has 0 aliphatic carbocycles. The molecule has 0 spiro atoms. The molecule has 1 atom stereocenters. The second-order valence-corrected chi connectivity index (χ2v) is 8.09. The molecule has 1 unspecified atom stereocenters. The van der Waals surface area contributed by atoms with Crippen LogP contribution in [0.15, 0.2) is 46.8 Å². The van der Waals surface area contributed by atoms with E-state index in [4.69, 9.17) is 9.47 Å². The molecule has 0 saturated carbocycles. The number of carbonyl (C=O) groups excluding carboxylic acids is 2. The summed E-state index contributed by atoms with van der Waals surface area (Å²) >= 11 is 0. The number of benzene rings is 1. The lowest BCUT2D eigenvalue weighted by Crippen LogP contribution is -2.41. The summed E-state index contributed by atoms with van der Waals surface area (Å²) in [7, 11) is 2.46. The van der Waals surface area contributed by atoms with Crippen molar-refractivity contribution in [2.45, 2.75) is 45.6 Å². The van der Waals surface area contributed by atoms with Crippen LogP contribution in [-0.4, -0.2) is 66.8 Å². The fourth-order valence-corrected chi connectivity index (χ4v) is 4.13. The molecule has 0 aromatic heterocycles. The smallest absolute Gasteiger partial charge is 0.336 e. The number of methoxy groups -OCH3 is 2. The Hall–Kier alpha value is -3.24. The third kappa shape index (κ3) is 6.00. The Morgan fingerprint density at radius 1 is 1.18 bits per heavy atom. The van der Waals surface area contributed by atoms with Gasteiger partial charge in [-0.15, -0.1) is 0 Å². The Kier molecular flexibility index (Phi) is 9.76. The molecule has 0 fully saturated rings. The zero-order valence-corrected chi connectivity index (χ0v) is 20.3. The molecule has 34 heavy (non-hydrogen) atoms. The SMILES string of the molecule is CCCCNCC(O)CN1C(C)=C(C(=O)OC)C(c2cccc([N+](=O)[O-])c2)C(C(=O)OC)=C1C. The Balaban J connectivity index is 2.59. The van der Waals surface area contributed by atoms with Crippen molar-refractivity contribution in [1.29, 1.82) is 0 Å². The third-order valence-corrected chi connectivity index (χ3v) is 5.87. The number of aliphatic hydroxyl groups excluding tert-OH is 1. The normalized spacial score (nSPS) is 15.4. The van der Waals surface area contributed by atoms with Gasteiger partial charge in [-0.25, -0.2) is 9.59 Å². The van der Waals surface area contributed by atoms with Crippen molar-refractivity contribution in [3.05, 3.63) is 62.5 Å². The van der Waals surface area contributed by atoms with Gasteiger partial charge in [0.05, 0.1) is 42.3 Å². The fourth-order valence-electron chi connectivity index (χ4n) is 4.13. The van der Waals surface area contributed by atoms with Gasteiger partial charge in [0.2, 0.25) is 0 Å². The van der Waals surface area contributed by atoms with Gasteiger partial charge < -0.3 is 24.8 Å². The number of hydrogen-bond donors (Lipinski definition) is 2. The minimum absolute atomic E-state index is 0.124. The van der Waals surface area contributed by atoms with Crippen molar-refractivity contribution >= 4 is 17.6 Å². The summed E-state index contributed by atoms with van der Waals surface area (Å²) in [5.41, 5.74) is 1.50. The number of rotatable bonds is 11. The zero-order chi connectivity index (χ0) is 25.4. The Bertz CT molecular complexity index is 947. The molecule has 1 aromatic rings. The number of nitrogens with one attached hydrogen (secondary N) is 1. The summed E-state index contributed by atoms with van der Waals surface area (Å²) in [6.45, 7) is 6.71. The number of aliphatic hydroxyl groups is 1. The van der Waals surface area contributed by atoms with Gasteiger partial charge in [0.1, 0.15) is 0 Å². The predicted octanol–water partition coefficient (Wildman–Crippen LogP) is 2.64. The van der Waals surface area contributed by atoms with Crippen LogP contribution in [0, 0.1) is 10.1 Å². The maximum absolute atomic E-state index is 12.9. The number of nitro benzene ring substituents is 1. The quantitative estimate of drug-likeness (QED) is 0.215. The number of hydrogen-bond acceptors (Lipinski definition) is 9. The van der Waals surface area contributed by atoms with Crippen LogP contribution >= 0.6 is 0 Å². The van der Waals surface area contributed by atoms with Gasteiger partial charge in [0.25, 0.3) is 5.69 Å². The van der Waals surface area contributed by atoms with E-state index < -0.39 is 28.9 Å². The zero-order valence-electron chi connectivity index (χ0n) is 20.3. The molecule has 1 aliphatic rings. The van der Waals surface area contributed by atoms with Gasteiger partial charge in [-0.3, -0.25) is 10.1 Å². The van der Waals surface area contributed by atoms with Gasteiger partial charge in [-0.1, -0.05) is 25.5 Å². The summed E-state index contributed by atoms with van der Waals surface area (Å²) < 4.78 is 10.0. The first-order valence-corrected chi connectivity index (χ1v) is 11.2. The largest absolute Gasteiger partial charge is 0.466 e. The summed E-state index contributed by atoms with van der Waals surface area (Å²) in [4.78, 5) is 38.4. The van der Waals surface area contributed by atoms with Crippen molar-refractivity contribution in [1.82, 2.24) is 10.2 Å². The third-order valence-electron chi connectivity index (χ3n) is 5.87. The molecule has 10 nitrogen and oxygen atoms in total. The molecule has 186 valence electrons. The van der Waals surface area contributed by atoms with E-state index >= 15 is 0 Å². The summed E-state index contributed by atoms with van der Waals surface area (Å²) in [5.74, 6) is -2.29. The van der Waals surface area contributed by atoms with Crippen molar-refractivity contribution in [3.63, 3.8) is 0 Å². The lowest BCUT2D eigenvalue weighted by Gasteiger charge is -2.38. The molecule has 0 saturated heterocycles. The summed E-state index contributed by atoms with van der Waals surface area (Å²) in [6, 6.07) is 5.79. The molecule has 1 heterocycles. The maximum atomic E-state index is 12.9. The molecule has 1 aromatic carbocycles. The lowest BCUT2D eigenvalue weighted by molar-refractivity contribution is -0.384. The summed E-state index contributed by atoms with van der Waals surface area (Å²) in [6.07, 6.45) is 1.23. The van der Waals surface area contributed by atoms with Crippen molar-refractivity contribution in [3.8, 4) is 0 Å². The molecule has 10 heteroatoms. The number of esters is 2. The predicted molar refractivity (Wildman–Crippen MR) is 126 cm³/mol. The van der Waals surface area contributed by atoms with Crippen LogP contribution in [0.25, 0.3) is 0 Å². The van der Waals surface area contributed by atoms with Crippen LogP contribution in [0.2, 0.25) is 0 Å². The van der Waals surface area contributed by atoms with Gasteiger partial charge in [-0.2, -0.15) is 0 Å². The van der Waals surface area contributed by atoms with E-state index in [1.807, 2.05) is 0 Å². The van der Waals surface area contributed by atoms with Crippen LogP contribution in [0.1, 0.15) is 45.1 Å². The molecule has 0 bridgehead atoms. The highest BCUT2D eigenvalue weighted by atomic mass is 16.6. The van der Waals surface area contributed by atoms with Crippen molar-refractivity contribution < 1.29 is 29.1 Å². The van der Waals surface area contributed by atoms with Gasteiger partial charge in [-0.05, 0) is 32.4 Å². The minimum Gasteiger partial charge on any atom is -0.466 e. The first kappa shape index (κ1) is 27.0. The van der Waals surface area contributed by atoms with E-state index in [0.29, 0.717) is 23.5 Å². The number of allylic oxidation sites excluding steroid dienone is 2. The molecule has 0 radical (unpaired) electrons. The first-order chi connectivity index (χ1) is 16.2. The molecule has 1 aliphatic heterocycles. The highest BCUT2D eigenvalue weighted by Crippen LogP contribution is 2.43. The monoisotopic (exact) mass is 475 g/mol. The van der Waals surface area contributed by atoms with E-state index in [2.05, 4.69) is 12.2 Å². The fraction of sp³-hybridized carbons (Fsp3) is 0.500. The maximum Gasteiger partial charge on any atom is 0.336 e. The average Bonchev–Trinajstić information content (AvgIpc) is 2.83. The van der Waals surface area contributed by atoms with E-state index in [0.717, 1.165) is 19.4 Å². The van der Waals surface area contributed by atoms with E-state index in [1.165, 1.54) is 32.4 Å². The summed E-state index contributed by atoms with van der Waals surface area (Å²) in [5, 5.41) is 25.2. The first-order valence-electron chi connectivity index (χ1n) is 11.2. The minimum atomic E-state index is -0.934. The van der Waals surface area contributed by atoms with Crippen molar-refractivity contribution in [2.24, 2.45) is 0 Å². The molecule has 2 N–H and O–H groups in total. The number of non-ortho nitro benzene ring substituents is 1. The standard InChI is InChI=1S/C24H33N3O7/c1-6-7-11-25-13-19(28)14-26-15(2)20(23(29)33-4)22(21(16(26)3)24(30)34-5)17-9-8-10-18(12-17)27(31)32/h8-10,12,19,22,25,28H,6-7,11,13-14H2,1-5H3. The van der Waals surface area contributed by atoms with Crippen LogP contribution in [-0.2, 0) is 19.1 Å². The molecular weight excluding hydrogens is 442 g/mol. The molecular formula is C24H33N3O7. The second-order valence-electron chi connectivity index (χ2n) is 8.09. The average molecular weight is 476 g/mol. The molecule has 2 rings (SSSR count). The Labute approximate surface area is 199 Å². The second kappa shape index (κ2) is 12.3. The number of nitro groups is 1. The molecule has 0 amide bonds. The number of nitrogens with zero attached hydrogens (tertiary/aromatic N) is 2. The van der Waals surface area contributed by atoms with Crippen molar-refractivity contribution in [2.75, 3.05) is 33.9 Å². The Morgan fingerprint density at radius 2 is 1.76 bits per heavy atom. The van der Waals surface area contributed by atoms with E-state index in [9.17, 15) is 24.8 Å². The Morgan fingerprint density at radius 3 is 2.26 bits per heavy atom. The van der Waals surface area contributed by atoms with E-state index in [1.54, 1.807) is 24.8 Å². The van der Waals surface area contributed by atoms with Crippen LogP contribution in [0.3, 0.4) is 0 Å². The van der Waals surface area contributed by atoms with E-state index in [-0.39, 0.29) is 23.4 Å². The van der Waals surface area contributed by atoms with Gasteiger partial charge >= 0.3 is 11.9 Å². The number of β-amino-alcohol motifs (C(OH)–C–C–N with tert-alkyl or cyclic N) is 1. The number of ether oxygens (including phenoxy) is 2. The van der Waals surface area contributed by atoms with Crippen LogP contribution in [0.5, 0.6) is 0 Å². The van der Waals surface area contributed by atoms with Crippen LogP contribution < -0.4 is 5.32 Å². The lowest BCUT2D eigenvalue weighted by atomic mass is 9.79. The highest BCUT2D eigenvalue weighted by molar-refractivity contribution is 5.99. The number of carbonyl (C=O) groups is 2. The van der Waals surface area contributed by atoms with Gasteiger partial charge in [0.15, 0.2) is 0 Å².